The number of rotatable bonds is 6. The molecule has 0 atom stereocenters. The maximum absolute atomic E-state index is 12.8. The second kappa shape index (κ2) is 7.49. The first-order valence-electron chi connectivity index (χ1n) is 8.16. The van der Waals surface area contributed by atoms with Crippen molar-refractivity contribution >= 4 is 33.3 Å². The highest BCUT2D eigenvalue weighted by atomic mass is 32.1. The molecule has 0 radical (unpaired) electrons. The third-order valence-corrected chi connectivity index (χ3v) is 4.73. The summed E-state index contributed by atoms with van der Waals surface area (Å²) >= 11 is 1.25. The zero-order valence-electron chi connectivity index (χ0n) is 14.2. The Morgan fingerprint density at radius 2 is 2.15 bits per heavy atom. The fraction of sp³-hybridized carbons (Fsp3) is 0.222. The average Bonchev–Trinajstić information content (AvgIpc) is 3.06. The number of aryl methyl sites for hydroxylation is 1. The number of benzene rings is 1. The van der Waals surface area contributed by atoms with Gasteiger partial charge in [-0.3, -0.25) is 14.9 Å². The van der Waals surface area contributed by atoms with Gasteiger partial charge in [-0.05, 0) is 18.6 Å². The van der Waals surface area contributed by atoms with Gasteiger partial charge in [0.15, 0.2) is 0 Å². The number of nitrogens with zero attached hydrogens (tertiary/aromatic N) is 3. The Morgan fingerprint density at radius 1 is 1.38 bits per heavy atom. The summed E-state index contributed by atoms with van der Waals surface area (Å²) in [4.78, 5) is 25.4. The molecule has 0 unspecified atom stereocenters. The number of anilines is 1. The molecule has 0 fully saturated rings. The van der Waals surface area contributed by atoms with Crippen LogP contribution < -0.4 is 10.9 Å². The van der Waals surface area contributed by atoms with E-state index in [-0.39, 0.29) is 17.9 Å². The van der Waals surface area contributed by atoms with Gasteiger partial charge in [-0.25, -0.2) is 0 Å². The maximum Gasteiger partial charge on any atom is 0.268 e. The van der Waals surface area contributed by atoms with E-state index in [1.807, 2.05) is 6.92 Å². The fourth-order valence-corrected chi connectivity index (χ4v) is 3.52. The summed E-state index contributed by atoms with van der Waals surface area (Å²) in [7, 11) is 0. The number of aromatic nitrogens is 3. The molecule has 3 rings (SSSR count). The van der Waals surface area contributed by atoms with Crippen LogP contribution in [0.1, 0.15) is 28.7 Å². The largest absolute Gasteiger partial charge is 0.506 e. The molecule has 0 aliphatic rings. The van der Waals surface area contributed by atoms with E-state index < -0.39 is 11.5 Å². The van der Waals surface area contributed by atoms with Crippen molar-refractivity contribution in [2.75, 3.05) is 5.32 Å². The van der Waals surface area contributed by atoms with Gasteiger partial charge in [0.1, 0.15) is 16.3 Å². The molecule has 134 valence electrons. The third-order valence-electron chi connectivity index (χ3n) is 3.84. The number of fused-ring (bicyclic) bond motifs is 1. The van der Waals surface area contributed by atoms with E-state index in [1.165, 1.54) is 15.9 Å². The average molecular weight is 370 g/mol. The molecule has 3 aromatic rings. The van der Waals surface area contributed by atoms with Crippen molar-refractivity contribution in [3.63, 3.8) is 0 Å². The predicted octanol–water partition coefficient (Wildman–Crippen LogP) is 2.95. The summed E-state index contributed by atoms with van der Waals surface area (Å²) in [6, 6.07) is 6.86. The van der Waals surface area contributed by atoms with Gasteiger partial charge in [-0.15, -0.1) is 16.8 Å². The van der Waals surface area contributed by atoms with Gasteiger partial charge in [0, 0.05) is 18.4 Å². The molecule has 26 heavy (non-hydrogen) atoms. The molecule has 7 nitrogen and oxygen atoms in total. The van der Waals surface area contributed by atoms with Crippen LogP contribution in [0.3, 0.4) is 0 Å². The van der Waals surface area contributed by atoms with E-state index in [2.05, 4.69) is 22.1 Å². The molecule has 1 aromatic carbocycles. The summed E-state index contributed by atoms with van der Waals surface area (Å²) in [6.07, 6.45) is 3.25. The second-order valence-corrected chi connectivity index (χ2v) is 6.71. The van der Waals surface area contributed by atoms with Crippen molar-refractivity contribution in [1.82, 2.24) is 14.8 Å². The summed E-state index contributed by atoms with van der Waals surface area (Å²) in [5, 5.41) is 22.5. The molecule has 1 amide bonds. The van der Waals surface area contributed by atoms with Gasteiger partial charge in [0.05, 0.1) is 5.52 Å². The summed E-state index contributed by atoms with van der Waals surface area (Å²) in [5.74, 6) is -1.06. The number of amides is 1. The van der Waals surface area contributed by atoms with Crippen molar-refractivity contribution in [3.8, 4) is 5.75 Å². The first-order chi connectivity index (χ1) is 12.6. The number of para-hydroxylation sites is 1. The summed E-state index contributed by atoms with van der Waals surface area (Å²) < 4.78 is 1.40. The van der Waals surface area contributed by atoms with Gasteiger partial charge in [0.2, 0.25) is 5.13 Å². The van der Waals surface area contributed by atoms with Gasteiger partial charge in [0.25, 0.3) is 11.5 Å². The molecule has 2 heterocycles. The number of hydrogen-bond donors (Lipinski definition) is 2. The lowest BCUT2D eigenvalue weighted by atomic mass is 10.1. The van der Waals surface area contributed by atoms with E-state index in [0.717, 1.165) is 17.8 Å². The molecule has 2 aromatic heterocycles. The Balaban J connectivity index is 2.07. The first-order valence-corrected chi connectivity index (χ1v) is 8.97. The zero-order valence-corrected chi connectivity index (χ0v) is 15.0. The van der Waals surface area contributed by atoms with Crippen LogP contribution in [0.25, 0.3) is 10.9 Å². The topological polar surface area (TPSA) is 97.1 Å². The molecule has 2 N–H and O–H groups in total. The van der Waals surface area contributed by atoms with Gasteiger partial charge < -0.3 is 9.67 Å². The van der Waals surface area contributed by atoms with E-state index in [9.17, 15) is 14.7 Å². The number of aromatic hydroxyl groups is 1. The predicted molar refractivity (Wildman–Crippen MR) is 102 cm³/mol. The summed E-state index contributed by atoms with van der Waals surface area (Å²) in [5.41, 5.74) is -0.373. The van der Waals surface area contributed by atoms with Crippen LogP contribution in [0, 0.1) is 0 Å². The van der Waals surface area contributed by atoms with Crippen LogP contribution >= 0.6 is 11.3 Å². The first kappa shape index (κ1) is 17.8. The van der Waals surface area contributed by atoms with E-state index in [0.29, 0.717) is 16.0 Å². The quantitative estimate of drug-likeness (QED) is 0.650. The van der Waals surface area contributed by atoms with Crippen LogP contribution in [-0.4, -0.2) is 25.8 Å². The Morgan fingerprint density at radius 3 is 2.88 bits per heavy atom. The maximum atomic E-state index is 12.8. The van der Waals surface area contributed by atoms with E-state index in [4.69, 9.17) is 0 Å². The lowest BCUT2D eigenvalue weighted by molar-refractivity contribution is 0.102. The van der Waals surface area contributed by atoms with Crippen LogP contribution in [-0.2, 0) is 13.0 Å². The number of pyridine rings is 1. The van der Waals surface area contributed by atoms with E-state index >= 15 is 0 Å². The minimum absolute atomic E-state index is 0.222. The van der Waals surface area contributed by atoms with E-state index in [1.54, 1.807) is 30.3 Å². The second-order valence-electron chi connectivity index (χ2n) is 5.65. The molecule has 0 aliphatic heterocycles. The Hall–Kier alpha value is -3.00. The Kier molecular flexibility index (Phi) is 5.13. The molecule has 8 heteroatoms. The number of carbonyl (C=O) groups excluding carboxylic acids is 1. The van der Waals surface area contributed by atoms with Crippen LogP contribution in [0.2, 0.25) is 0 Å². The molecule has 0 saturated carbocycles. The Bertz CT molecular complexity index is 1040. The lowest BCUT2D eigenvalue weighted by Crippen LogP contribution is -2.29. The fourth-order valence-electron chi connectivity index (χ4n) is 2.68. The van der Waals surface area contributed by atoms with Crippen molar-refractivity contribution in [2.24, 2.45) is 0 Å². The highest BCUT2D eigenvalue weighted by molar-refractivity contribution is 7.15. The number of carbonyl (C=O) groups is 1. The minimum Gasteiger partial charge on any atom is -0.506 e. The normalized spacial score (nSPS) is 10.8. The number of hydrogen-bond acceptors (Lipinski definition) is 6. The number of nitrogens with one attached hydrogen (secondary N) is 1. The highest BCUT2D eigenvalue weighted by Gasteiger charge is 2.22. The smallest absolute Gasteiger partial charge is 0.268 e. The van der Waals surface area contributed by atoms with Gasteiger partial charge in [-0.2, -0.15) is 0 Å². The molecular formula is C18H18N4O3S. The SMILES string of the molecule is C=CCn1c(=O)c(C(=O)Nc2nnc(CCC)s2)c(O)c2ccccc21. The van der Waals surface area contributed by atoms with Crippen molar-refractivity contribution in [1.29, 1.82) is 0 Å². The monoisotopic (exact) mass is 370 g/mol. The highest BCUT2D eigenvalue weighted by Crippen LogP contribution is 2.27. The van der Waals surface area contributed by atoms with Crippen LogP contribution in [0.15, 0.2) is 41.7 Å². The molecule has 0 aliphatic carbocycles. The van der Waals surface area contributed by atoms with Crippen molar-refractivity contribution in [3.05, 3.63) is 57.8 Å². The van der Waals surface area contributed by atoms with Crippen LogP contribution in [0.5, 0.6) is 5.75 Å². The standard InChI is InChI=1S/C18H18N4O3S/c1-3-7-13-20-21-18(26-13)19-16(24)14-15(23)11-8-5-6-9-12(11)22(10-4-2)17(14)25/h4-6,8-9,23H,2-3,7,10H2,1H3,(H,19,21,24). The van der Waals surface area contributed by atoms with Gasteiger partial charge in [-0.1, -0.05) is 36.5 Å². The number of allylic oxidation sites excluding steroid dienone is 1. The summed E-state index contributed by atoms with van der Waals surface area (Å²) in [6.45, 7) is 5.89. The molecule has 0 spiro atoms. The zero-order chi connectivity index (χ0) is 18.7. The van der Waals surface area contributed by atoms with Crippen molar-refractivity contribution in [2.45, 2.75) is 26.3 Å². The van der Waals surface area contributed by atoms with Crippen LogP contribution in [0.4, 0.5) is 5.13 Å². The Labute approximate surface area is 153 Å². The molecular weight excluding hydrogens is 352 g/mol. The minimum atomic E-state index is -0.713. The third kappa shape index (κ3) is 3.23. The van der Waals surface area contributed by atoms with Crippen molar-refractivity contribution < 1.29 is 9.90 Å². The molecule has 0 saturated heterocycles. The van der Waals surface area contributed by atoms with Gasteiger partial charge >= 0.3 is 0 Å². The molecule has 0 bridgehead atoms. The lowest BCUT2D eigenvalue weighted by Gasteiger charge is -2.13.